The van der Waals surface area contributed by atoms with Crippen LogP contribution in [0.4, 0.5) is 0 Å². The Bertz CT molecular complexity index is 638. The van der Waals surface area contributed by atoms with E-state index in [0.29, 0.717) is 13.0 Å². The maximum atomic E-state index is 12.6. The average molecular weight is 372 g/mol. The van der Waals surface area contributed by atoms with Gasteiger partial charge in [-0.15, -0.1) is 0 Å². The molecule has 1 spiro atoms. The number of carbonyl (C=O) groups is 2. The number of piperidine rings is 2. The third-order valence-corrected chi connectivity index (χ3v) is 6.29. The monoisotopic (exact) mass is 371 g/mol. The molecule has 2 N–H and O–H groups in total. The first-order valence-corrected chi connectivity index (χ1v) is 10.4. The summed E-state index contributed by atoms with van der Waals surface area (Å²) in [5, 5.41) is 0. The second-order valence-corrected chi connectivity index (χ2v) is 8.31. The van der Waals surface area contributed by atoms with Crippen molar-refractivity contribution in [1.82, 2.24) is 9.80 Å². The van der Waals surface area contributed by atoms with E-state index in [1.807, 2.05) is 28.0 Å². The number of benzene rings is 1. The largest absolute Gasteiger partial charge is 0.341 e. The van der Waals surface area contributed by atoms with Crippen LogP contribution < -0.4 is 5.73 Å². The van der Waals surface area contributed by atoms with Gasteiger partial charge in [-0.1, -0.05) is 50.1 Å². The van der Waals surface area contributed by atoms with Gasteiger partial charge in [0, 0.05) is 32.6 Å². The van der Waals surface area contributed by atoms with Gasteiger partial charge in [0.15, 0.2) is 0 Å². The SMILES string of the molecule is CCCC[C@H](N)C(=O)N1CCC2(CCC(=O)N(Cc3ccccc3)C2)CC1. The third-order valence-electron chi connectivity index (χ3n) is 6.29. The molecule has 1 atom stereocenters. The first-order chi connectivity index (χ1) is 13.0. The molecule has 0 saturated carbocycles. The number of rotatable bonds is 6. The molecule has 148 valence electrons. The molecule has 27 heavy (non-hydrogen) atoms. The van der Waals surface area contributed by atoms with Crippen LogP contribution in [0.3, 0.4) is 0 Å². The zero-order chi connectivity index (χ0) is 19.3. The van der Waals surface area contributed by atoms with E-state index in [1.54, 1.807) is 0 Å². The van der Waals surface area contributed by atoms with Crippen LogP contribution in [0.15, 0.2) is 30.3 Å². The summed E-state index contributed by atoms with van der Waals surface area (Å²) in [6, 6.07) is 9.83. The summed E-state index contributed by atoms with van der Waals surface area (Å²) in [6.07, 6.45) is 6.35. The van der Waals surface area contributed by atoms with Crippen LogP contribution in [0.1, 0.15) is 57.4 Å². The normalized spacial score (nSPS) is 20.7. The lowest BCUT2D eigenvalue weighted by Crippen LogP contribution is -2.54. The predicted molar refractivity (Wildman–Crippen MR) is 107 cm³/mol. The maximum absolute atomic E-state index is 12.6. The number of hydrogen-bond acceptors (Lipinski definition) is 3. The molecule has 1 aromatic carbocycles. The standard InChI is InChI=1S/C22H33N3O2/c1-2-3-9-19(23)21(27)24-14-12-22(13-15-24)11-10-20(26)25(17-22)16-18-7-5-4-6-8-18/h4-8,19H,2-3,9-17,23H2,1H3/t19-/m0/s1. The highest BCUT2D eigenvalue weighted by atomic mass is 16.2. The van der Waals surface area contributed by atoms with Gasteiger partial charge >= 0.3 is 0 Å². The molecule has 0 aromatic heterocycles. The van der Waals surface area contributed by atoms with E-state index in [2.05, 4.69) is 19.1 Å². The van der Waals surface area contributed by atoms with Crippen LogP contribution >= 0.6 is 0 Å². The molecule has 5 nitrogen and oxygen atoms in total. The fourth-order valence-electron chi connectivity index (χ4n) is 4.44. The van der Waals surface area contributed by atoms with Gasteiger partial charge in [-0.3, -0.25) is 9.59 Å². The van der Waals surface area contributed by atoms with Crippen molar-refractivity contribution in [3.8, 4) is 0 Å². The Morgan fingerprint density at radius 3 is 2.56 bits per heavy atom. The van der Waals surface area contributed by atoms with Crippen molar-refractivity contribution in [2.75, 3.05) is 19.6 Å². The van der Waals surface area contributed by atoms with Crippen LogP contribution in [0, 0.1) is 5.41 Å². The second-order valence-electron chi connectivity index (χ2n) is 8.31. The second kappa shape index (κ2) is 8.87. The average Bonchev–Trinajstić information content (AvgIpc) is 2.70. The summed E-state index contributed by atoms with van der Waals surface area (Å²) < 4.78 is 0. The van der Waals surface area contributed by atoms with E-state index >= 15 is 0 Å². The summed E-state index contributed by atoms with van der Waals surface area (Å²) in [6.45, 7) is 5.15. The van der Waals surface area contributed by atoms with Crippen LogP contribution in [0.2, 0.25) is 0 Å². The number of unbranched alkanes of at least 4 members (excludes halogenated alkanes) is 1. The summed E-state index contributed by atoms with van der Waals surface area (Å²) >= 11 is 0. The Balaban J connectivity index is 1.56. The van der Waals surface area contributed by atoms with E-state index in [1.165, 1.54) is 5.56 Å². The number of hydrogen-bond donors (Lipinski definition) is 1. The molecule has 3 rings (SSSR count). The smallest absolute Gasteiger partial charge is 0.239 e. The van der Waals surface area contributed by atoms with Gasteiger partial charge < -0.3 is 15.5 Å². The number of likely N-dealkylation sites (tertiary alicyclic amines) is 2. The van der Waals surface area contributed by atoms with Gasteiger partial charge in [0.2, 0.25) is 11.8 Å². The molecule has 2 heterocycles. The van der Waals surface area contributed by atoms with Crippen molar-refractivity contribution < 1.29 is 9.59 Å². The van der Waals surface area contributed by atoms with E-state index in [0.717, 1.165) is 58.2 Å². The summed E-state index contributed by atoms with van der Waals surface area (Å²) in [4.78, 5) is 29.0. The topological polar surface area (TPSA) is 66.6 Å². The fourth-order valence-corrected chi connectivity index (χ4v) is 4.44. The van der Waals surface area contributed by atoms with Crippen LogP contribution in [0.5, 0.6) is 0 Å². The lowest BCUT2D eigenvalue weighted by molar-refractivity contribution is -0.143. The Kier molecular flexibility index (Phi) is 6.53. The van der Waals surface area contributed by atoms with E-state index in [-0.39, 0.29) is 23.3 Å². The number of amides is 2. The van der Waals surface area contributed by atoms with Gasteiger partial charge in [0.25, 0.3) is 0 Å². The Morgan fingerprint density at radius 2 is 1.89 bits per heavy atom. The first-order valence-electron chi connectivity index (χ1n) is 10.4. The van der Waals surface area contributed by atoms with E-state index < -0.39 is 0 Å². The Labute approximate surface area is 162 Å². The fraction of sp³-hybridized carbons (Fsp3) is 0.636. The highest BCUT2D eigenvalue weighted by Gasteiger charge is 2.42. The van der Waals surface area contributed by atoms with Gasteiger partial charge in [0.1, 0.15) is 0 Å². The van der Waals surface area contributed by atoms with Crippen molar-refractivity contribution in [3.63, 3.8) is 0 Å². The third kappa shape index (κ3) is 4.89. The Hall–Kier alpha value is -1.88. The van der Waals surface area contributed by atoms with Crippen molar-refractivity contribution in [3.05, 3.63) is 35.9 Å². The lowest BCUT2D eigenvalue weighted by Gasteiger charge is -2.47. The van der Waals surface area contributed by atoms with Crippen molar-refractivity contribution in [2.24, 2.45) is 11.1 Å². The molecule has 2 saturated heterocycles. The molecule has 2 fully saturated rings. The van der Waals surface area contributed by atoms with Gasteiger partial charge in [-0.2, -0.15) is 0 Å². The highest BCUT2D eigenvalue weighted by Crippen LogP contribution is 2.40. The molecule has 2 amide bonds. The number of nitrogens with zero attached hydrogens (tertiary/aromatic N) is 2. The molecule has 2 aliphatic rings. The van der Waals surface area contributed by atoms with E-state index in [9.17, 15) is 9.59 Å². The minimum absolute atomic E-state index is 0.103. The molecular formula is C22H33N3O2. The molecule has 0 radical (unpaired) electrons. The lowest BCUT2D eigenvalue weighted by atomic mass is 9.72. The molecule has 2 aliphatic heterocycles. The molecule has 1 aromatic rings. The summed E-state index contributed by atoms with van der Waals surface area (Å²) in [5.74, 6) is 0.357. The maximum Gasteiger partial charge on any atom is 0.239 e. The summed E-state index contributed by atoms with van der Waals surface area (Å²) in [7, 11) is 0. The molecule has 0 bridgehead atoms. The van der Waals surface area contributed by atoms with Crippen molar-refractivity contribution in [1.29, 1.82) is 0 Å². The minimum atomic E-state index is -0.360. The van der Waals surface area contributed by atoms with Crippen molar-refractivity contribution in [2.45, 2.75) is 64.5 Å². The number of nitrogens with two attached hydrogens (primary N) is 1. The van der Waals surface area contributed by atoms with Crippen LogP contribution in [-0.2, 0) is 16.1 Å². The van der Waals surface area contributed by atoms with Crippen molar-refractivity contribution >= 4 is 11.8 Å². The van der Waals surface area contributed by atoms with Gasteiger partial charge in [-0.05, 0) is 36.7 Å². The predicted octanol–water partition coefficient (Wildman–Crippen LogP) is 2.94. The summed E-state index contributed by atoms with van der Waals surface area (Å²) in [5.41, 5.74) is 7.42. The van der Waals surface area contributed by atoms with Gasteiger partial charge in [-0.25, -0.2) is 0 Å². The first kappa shape index (κ1) is 19.9. The van der Waals surface area contributed by atoms with Crippen LogP contribution in [0.25, 0.3) is 0 Å². The zero-order valence-electron chi connectivity index (χ0n) is 16.5. The zero-order valence-corrected chi connectivity index (χ0v) is 16.5. The molecule has 5 heteroatoms. The van der Waals surface area contributed by atoms with E-state index in [4.69, 9.17) is 5.73 Å². The molecule has 0 aliphatic carbocycles. The molecular weight excluding hydrogens is 338 g/mol. The Morgan fingerprint density at radius 1 is 1.19 bits per heavy atom. The highest BCUT2D eigenvalue weighted by molar-refractivity contribution is 5.81. The minimum Gasteiger partial charge on any atom is -0.341 e. The molecule has 0 unspecified atom stereocenters. The van der Waals surface area contributed by atoms with Crippen LogP contribution in [-0.4, -0.2) is 47.3 Å². The quantitative estimate of drug-likeness (QED) is 0.836. The number of carbonyl (C=O) groups excluding carboxylic acids is 2. The van der Waals surface area contributed by atoms with Gasteiger partial charge in [0.05, 0.1) is 6.04 Å².